The first-order chi connectivity index (χ1) is 13.2. The fraction of sp³-hybridized carbons (Fsp3) is 0.650. The lowest BCUT2D eigenvalue weighted by Crippen LogP contribution is -2.44. The molecule has 1 saturated heterocycles. The molecule has 0 aromatic heterocycles. The zero-order valence-electron chi connectivity index (χ0n) is 17.4. The van der Waals surface area contributed by atoms with Crippen LogP contribution in [0.15, 0.2) is 29.3 Å². The van der Waals surface area contributed by atoms with E-state index in [-0.39, 0.29) is 47.0 Å². The Labute approximate surface area is 191 Å². The van der Waals surface area contributed by atoms with Gasteiger partial charge in [-0.1, -0.05) is 12.1 Å². The van der Waals surface area contributed by atoms with Gasteiger partial charge in [-0.15, -0.1) is 24.0 Å². The van der Waals surface area contributed by atoms with Crippen LogP contribution in [0.25, 0.3) is 0 Å². The Bertz CT molecular complexity index is 751. The minimum atomic E-state index is -2.99. The van der Waals surface area contributed by atoms with Gasteiger partial charge < -0.3 is 15.4 Å². The number of hydrogen-bond donors (Lipinski definition) is 2. The number of nitrogens with zero attached hydrogens (tertiary/aromatic N) is 1. The first-order valence-corrected chi connectivity index (χ1v) is 11.9. The molecule has 1 fully saturated rings. The van der Waals surface area contributed by atoms with Crippen LogP contribution >= 0.6 is 24.0 Å². The van der Waals surface area contributed by atoms with Crippen LogP contribution in [-0.4, -0.2) is 58.7 Å². The molecule has 1 atom stereocenters. The summed E-state index contributed by atoms with van der Waals surface area (Å²) in [5.74, 6) is 0.554. The lowest BCUT2D eigenvalue weighted by molar-refractivity contribution is 0.0530. The summed E-state index contributed by atoms with van der Waals surface area (Å²) < 4.78 is 41.7. The van der Waals surface area contributed by atoms with Crippen molar-refractivity contribution in [2.24, 2.45) is 4.99 Å². The minimum Gasteiger partial charge on any atom is -0.381 e. The second-order valence-corrected chi connectivity index (χ2v) is 9.82. The maximum absolute atomic E-state index is 13.4. The average Bonchev–Trinajstić information content (AvgIpc) is 2.65. The average molecular weight is 541 g/mol. The number of rotatable bonds is 8. The first kappa shape index (κ1) is 26.1. The Morgan fingerprint density at radius 2 is 1.90 bits per heavy atom. The molecule has 9 heteroatoms. The summed E-state index contributed by atoms with van der Waals surface area (Å²) in [7, 11) is -2.99. The van der Waals surface area contributed by atoms with Gasteiger partial charge in [0.15, 0.2) is 5.96 Å². The molecule has 1 heterocycles. The van der Waals surface area contributed by atoms with E-state index < -0.39 is 9.84 Å². The molecule has 0 saturated carbocycles. The van der Waals surface area contributed by atoms with Crippen molar-refractivity contribution >= 4 is 39.8 Å². The second-order valence-electron chi connectivity index (χ2n) is 7.56. The van der Waals surface area contributed by atoms with Crippen molar-refractivity contribution in [1.29, 1.82) is 0 Å². The molecule has 2 N–H and O–H groups in total. The van der Waals surface area contributed by atoms with Crippen molar-refractivity contribution in [3.63, 3.8) is 0 Å². The molecular weight excluding hydrogens is 508 g/mol. The van der Waals surface area contributed by atoms with Crippen LogP contribution in [0.4, 0.5) is 4.39 Å². The highest BCUT2D eigenvalue weighted by Crippen LogP contribution is 2.35. The summed E-state index contributed by atoms with van der Waals surface area (Å²) in [6.07, 6.45) is 3.41. The van der Waals surface area contributed by atoms with Gasteiger partial charge >= 0.3 is 0 Å². The normalized spacial score (nSPS) is 17.9. The molecule has 0 aliphatic carbocycles. The highest BCUT2D eigenvalue weighted by molar-refractivity contribution is 14.0. The maximum Gasteiger partial charge on any atom is 0.191 e. The Morgan fingerprint density at radius 1 is 1.28 bits per heavy atom. The van der Waals surface area contributed by atoms with Gasteiger partial charge in [-0.3, -0.25) is 4.99 Å². The topological polar surface area (TPSA) is 79.8 Å². The van der Waals surface area contributed by atoms with E-state index in [9.17, 15) is 12.8 Å². The molecule has 0 radical (unpaired) electrons. The highest BCUT2D eigenvalue weighted by Gasteiger charge is 2.34. The van der Waals surface area contributed by atoms with E-state index in [0.29, 0.717) is 38.7 Å². The third-order valence-corrected chi connectivity index (χ3v) is 6.07. The lowest BCUT2D eigenvalue weighted by atomic mass is 9.74. The van der Waals surface area contributed by atoms with E-state index in [2.05, 4.69) is 10.6 Å². The quantitative estimate of drug-likeness (QED) is 0.301. The number of benzene rings is 1. The first-order valence-electron chi connectivity index (χ1n) is 9.80. The van der Waals surface area contributed by atoms with Gasteiger partial charge in [0, 0.05) is 37.5 Å². The molecule has 1 aliphatic rings. The van der Waals surface area contributed by atoms with E-state index in [0.717, 1.165) is 18.4 Å². The number of sulfone groups is 1. The zero-order valence-corrected chi connectivity index (χ0v) is 20.6. The predicted octanol–water partition coefficient (Wildman–Crippen LogP) is 2.87. The largest absolute Gasteiger partial charge is 0.381 e. The number of aliphatic imine (C=N–C) groups is 1. The van der Waals surface area contributed by atoms with Crippen molar-refractivity contribution in [3.8, 4) is 0 Å². The smallest absolute Gasteiger partial charge is 0.191 e. The summed E-state index contributed by atoms with van der Waals surface area (Å²) in [6.45, 7) is 6.50. The van der Waals surface area contributed by atoms with Gasteiger partial charge in [0.1, 0.15) is 15.7 Å². The van der Waals surface area contributed by atoms with Crippen LogP contribution in [-0.2, 0) is 20.0 Å². The summed E-state index contributed by atoms with van der Waals surface area (Å²) in [5.41, 5.74) is 0.881. The molecule has 29 heavy (non-hydrogen) atoms. The van der Waals surface area contributed by atoms with Crippen LogP contribution in [0, 0.1) is 5.82 Å². The molecule has 6 nitrogen and oxygen atoms in total. The van der Waals surface area contributed by atoms with Crippen LogP contribution < -0.4 is 10.6 Å². The third kappa shape index (κ3) is 8.75. The molecule has 1 aliphatic heterocycles. The van der Waals surface area contributed by atoms with Crippen LogP contribution in [0.1, 0.15) is 38.7 Å². The SMILES string of the molecule is CCNC(=NCC1(c2ccc(F)cc2)CCOCC1)NC(C)CCS(C)(=O)=O.I. The molecule has 2 rings (SSSR count). The van der Waals surface area contributed by atoms with Crippen LogP contribution in [0.2, 0.25) is 0 Å². The number of nitrogens with one attached hydrogen (secondary N) is 2. The number of halogens is 2. The van der Waals surface area contributed by atoms with Gasteiger partial charge in [0.25, 0.3) is 0 Å². The molecule has 1 aromatic carbocycles. The lowest BCUT2D eigenvalue weighted by Gasteiger charge is -2.36. The Morgan fingerprint density at radius 3 is 2.45 bits per heavy atom. The summed E-state index contributed by atoms with van der Waals surface area (Å²) in [6, 6.07) is 6.64. The van der Waals surface area contributed by atoms with Crippen molar-refractivity contribution in [1.82, 2.24) is 10.6 Å². The molecular formula is C20H33FIN3O3S. The summed E-state index contributed by atoms with van der Waals surface area (Å²) in [5, 5.41) is 6.52. The third-order valence-electron chi connectivity index (χ3n) is 5.10. The van der Waals surface area contributed by atoms with Gasteiger partial charge in [-0.2, -0.15) is 0 Å². The molecule has 166 valence electrons. The summed E-state index contributed by atoms with van der Waals surface area (Å²) >= 11 is 0. The van der Waals surface area contributed by atoms with Gasteiger partial charge in [-0.05, 0) is 50.8 Å². The van der Waals surface area contributed by atoms with Crippen LogP contribution in [0.5, 0.6) is 0 Å². The van der Waals surface area contributed by atoms with Crippen LogP contribution in [0.3, 0.4) is 0 Å². The molecule has 0 amide bonds. The number of ether oxygens (including phenoxy) is 1. The van der Waals surface area contributed by atoms with Crippen molar-refractivity contribution in [2.75, 3.05) is 38.3 Å². The molecule has 1 unspecified atom stereocenters. The monoisotopic (exact) mass is 541 g/mol. The van der Waals surface area contributed by atoms with Crippen molar-refractivity contribution in [3.05, 3.63) is 35.6 Å². The molecule has 1 aromatic rings. The van der Waals surface area contributed by atoms with E-state index >= 15 is 0 Å². The second kappa shape index (κ2) is 12.0. The molecule has 0 bridgehead atoms. The number of guanidine groups is 1. The van der Waals surface area contributed by atoms with Crippen molar-refractivity contribution in [2.45, 2.75) is 44.6 Å². The Balaban J connectivity index is 0.00000420. The predicted molar refractivity (Wildman–Crippen MR) is 126 cm³/mol. The van der Waals surface area contributed by atoms with E-state index in [4.69, 9.17) is 9.73 Å². The number of hydrogen-bond acceptors (Lipinski definition) is 4. The molecule has 0 spiro atoms. The van der Waals surface area contributed by atoms with Gasteiger partial charge in [0.05, 0.1) is 12.3 Å². The minimum absolute atomic E-state index is 0. The highest BCUT2D eigenvalue weighted by atomic mass is 127. The Kier molecular flexibility index (Phi) is 10.8. The van der Waals surface area contributed by atoms with Crippen molar-refractivity contribution < 1.29 is 17.5 Å². The standard InChI is InChI=1S/C20H32FN3O3S.HI/c1-4-22-19(24-16(2)9-14-28(3,25)26)23-15-20(10-12-27-13-11-20)17-5-7-18(21)8-6-17;/h5-8,16H,4,9-15H2,1-3H3,(H2,22,23,24);1H. The zero-order chi connectivity index (χ0) is 20.6. The van der Waals surface area contributed by atoms with E-state index in [1.807, 2.05) is 26.0 Å². The maximum atomic E-state index is 13.4. The van der Waals surface area contributed by atoms with E-state index in [1.54, 1.807) is 0 Å². The Hall–Kier alpha value is -0.940. The summed E-state index contributed by atoms with van der Waals surface area (Å²) in [4.78, 5) is 4.79. The fourth-order valence-corrected chi connectivity index (χ4v) is 4.13. The van der Waals surface area contributed by atoms with E-state index in [1.165, 1.54) is 18.4 Å². The van der Waals surface area contributed by atoms with Gasteiger partial charge in [-0.25, -0.2) is 12.8 Å². The van der Waals surface area contributed by atoms with Gasteiger partial charge in [0.2, 0.25) is 0 Å². The fourth-order valence-electron chi connectivity index (χ4n) is 3.35.